The van der Waals surface area contributed by atoms with Gasteiger partial charge in [0.25, 0.3) is 0 Å². The average Bonchev–Trinajstić information content (AvgIpc) is 2.62. The Hall–Kier alpha value is -2.78. The van der Waals surface area contributed by atoms with Crippen molar-refractivity contribution in [2.45, 2.75) is 13.2 Å². The van der Waals surface area contributed by atoms with Crippen LogP contribution in [0.3, 0.4) is 0 Å². The van der Waals surface area contributed by atoms with Gasteiger partial charge in [-0.2, -0.15) is 0 Å². The minimum absolute atomic E-state index is 0.0472. The number of para-hydroxylation sites is 1. The molecule has 0 spiro atoms. The second kappa shape index (κ2) is 7.47. The van der Waals surface area contributed by atoms with E-state index < -0.39 is 0 Å². The topological polar surface area (TPSA) is 38.7 Å². The zero-order valence-corrected chi connectivity index (χ0v) is 12.7. The molecular weight excluding hydrogens is 288 g/mol. The highest BCUT2D eigenvalue weighted by Gasteiger charge is 2.03. The fourth-order valence-corrected chi connectivity index (χ4v) is 2.21. The number of hydrogen-bond donors (Lipinski definition) is 1. The zero-order valence-electron chi connectivity index (χ0n) is 12.7. The van der Waals surface area contributed by atoms with Gasteiger partial charge in [0.15, 0.2) is 0 Å². The Kier molecular flexibility index (Phi) is 4.92. The van der Waals surface area contributed by atoms with Gasteiger partial charge in [0.2, 0.25) is 0 Å². The first-order valence-corrected chi connectivity index (χ1v) is 7.48. The van der Waals surface area contributed by atoms with Crippen LogP contribution in [0.1, 0.15) is 11.1 Å². The summed E-state index contributed by atoms with van der Waals surface area (Å²) in [6.07, 6.45) is 0. The van der Waals surface area contributed by atoms with Crippen LogP contribution < -0.4 is 9.47 Å². The van der Waals surface area contributed by atoms with E-state index >= 15 is 0 Å². The Labute approximate surface area is 135 Å². The highest BCUT2D eigenvalue weighted by atomic mass is 16.5. The smallest absolute Gasteiger partial charge is 0.132 e. The highest BCUT2D eigenvalue weighted by Crippen LogP contribution is 2.27. The summed E-state index contributed by atoms with van der Waals surface area (Å²) in [4.78, 5) is 0. The molecule has 0 bridgehead atoms. The lowest BCUT2D eigenvalue weighted by Crippen LogP contribution is -1.95. The maximum absolute atomic E-state index is 9.32. The zero-order chi connectivity index (χ0) is 15.9. The molecule has 3 rings (SSSR count). The highest BCUT2D eigenvalue weighted by molar-refractivity contribution is 5.39. The van der Waals surface area contributed by atoms with Gasteiger partial charge < -0.3 is 14.6 Å². The minimum atomic E-state index is -0.0472. The molecule has 0 aliphatic heterocycles. The number of rotatable bonds is 6. The molecule has 0 saturated carbocycles. The Balaban J connectivity index is 1.63. The molecule has 0 saturated heterocycles. The number of ether oxygens (including phenoxy) is 2. The van der Waals surface area contributed by atoms with Gasteiger partial charge in [-0.1, -0.05) is 48.5 Å². The summed E-state index contributed by atoms with van der Waals surface area (Å²) in [6, 6.07) is 24.9. The molecule has 0 heterocycles. The van der Waals surface area contributed by atoms with E-state index in [4.69, 9.17) is 9.47 Å². The molecule has 0 aromatic heterocycles. The van der Waals surface area contributed by atoms with Crippen molar-refractivity contribution in [2.75, 3.05) is 0 Å². The molecule has 0 fully saturated rings. The summed E-state index contributed by atoms with van der Waals surface area (Å²) < 4.78 is 11.5. The number of aliphatic hydroxyl groups excluding tert-OH is 1. The Morgan fingerprint density at radius 1 is 0.696 bits per heavy atom. The summed E-state index contributed by atoms with van der Waals surface area (Å²) in [6.45, 7) is 0.489. The lowest BCUT2D eigenvalue weighted by atomic mass is 10.2. The molecule has 23 heavy (non-hydrogen) atoms. The monoisotopic (exact) mass is 306 g/mol. The van der Waals surface area contributed by atoms with E-state index in [-0.39, 0.29) is 6.61 Å². The third-order valence-electron chi connectivity index (χ3n) is 3.44. The van der Waals surface area contributed by atoms with Crippen LogP contribution in [-0.4, -0.2) is 5.11 Å². The second-order valence-corrected chi connectivity index (χ2v) is 5.11. The van der Waals surface area contributed by atoms with E-state index in [1.807, 2.05) is 78.9 Å². The average molecular weight is 306 g/mol. The second-order valence-electron chi connectivity index (χ2n) is 5.11. The van der Waals surface area contributed by atoms with Crippen molar-refractivity contribution in [3.8, 4) is 17.2 Å². The molecule has 0 aliphatic carbocycles. The van der Waals surface area contributed by atoms with Gasteiger partial charge in [-0.05, 0) is 35.9 Å². The number of aliphatic hydroxyl groups is 1. The minimum Gasteiger partial charge on any atom is -0.489 e. The fourth-order valence-electron chi connectivity index (χ4n) is 2.21. The molecule has 0 unspecified atom stereocenters. The van der Waals surface area contributed by atoms with Crippen molar-refractivity contribution in [2.24, 2.45) is 0 Å². The van der Waals surface area contributed by atoms with Gasteiger partial charge in [0.05, 0.1) is 6.61 Å². The molecule has 3 nitrogen and oxygen atoms in total. The van der Waals surface area contributed by atoms with E-state index in [0.717, 1.165) is 16.9 Å². The van der Waals surface area contributed by atoms with Crippen molar-refractivity contribution in [1.82, 2.24) is 0 Å². The van der Waals surface area contributed by atoms with E-state index in [2.05, 4.69) is 0 Å². The summed E-state index contributed by atoms with van der Waals surface area (Å²) in [5.74, 6) is 2.16. The summed E-state index contributed by atoms with van der Waals surface area (Å²) in [5, 5.41) is 9.32. The van der Waals surface area contributed by atoms with Gasteiger partial charge in [0.1, 0.15) is 23.9 Å². The molecule has 1 N–H and O–H groups in total. The fraction of sp³-hybridized carbons (Fsp3) is 0.100. The predicted molar refractivity (Wildman–Crippen MR) is 89.7 cm³/mol. The van der Waals surface area contributed by atoms with Crippen LogP contribution in [0.25, 0.3) is 0 Å². The number of benzene rings is 3. The molecule has 0 aliphatic rings. The summed E-state index contributed by atoms with van der Waals surface area (Å²) in [5.41, 5.74) is 1.89. The van der Waals surface area contributed by atoms with E-state index in [1.165, 1.54) is 0 Å². The lowest BCUT2D eigenvalue weighted by molar-refractivity contribution is 0.276. The number of hydrogen-bond acceptors (Lipinski definition) is 3. The van der Waals surface area contributed by atoms with Gasteiger partial charge in [-0.25, -0.2) is 0 Å². The lowest BCUT2D eigenvalue weighted by Gasteiger charge is -2.10. The normalized spacial score (nSPS) is 10.3. The Bertz CT molecular complexity index is 736. The largest absolute Gasteiger partial charge is 0.489 e. The van der Waals surface area contributed by atoms with Crippen LogP contribution >= 0.6 is 0 Å². The SMILES string of the molecule is OCc1ccccc1Oc1ccc(OCc2ccccc2)cc1. The summed E-state index contributed by atoms with van der Waals surface area (Å²) >= 11 is 0. The molecule has 0 atom stereocenters. The van der Waals surface area contributed by atoms with Crippen LogP contribution in [0.4, 0.5) is 0 Å². The molecule has 3 heteroatoms. The van der Waals surface area contributed by atoms with Gasteiger partial charge in [0, 0.05) is 5.56 Å². The predicted octanol–water partition coefficient (Wildman–Crippen LogP) is 4.55. The molecule has 3 aromatic rings. The Morgan fingerprint density at radius 2 is 1.35 bits per heavy atom. The molecule has 0 radical (unpaired) electrons. The maximum Gasteiger partial charge on any atom is 0.132 e. The third-order valence-corrected chi connectivity index (χ3v) is 3.44. The first-order valence-electron chi connectivity index (χ1n) is 7.48. The van der Waals surface area contributed by atoms with Crippen molar-refractivity contribution in [3.63, 3.8) is 0 Å². The van der Waals surface area contributed by atoms with Crippen molar-refractivity contribution in [1.29, 1.82) is 0 Å². The van der Waals surface area contributed by atoms with Gasteiger partial charge >= 0.3 is 0 Å². The molecule has 116 valence electrons. The van der Waals surface area contributed by atoms with E-state index in [1.54, 1.807) is 0 Å². The third kappa shape index (κ3) is 4.11. The van der Waals surface area contributed by atoms with Crippen LogP contribution in [0.2, 0.25) is 0 Å². The summed E-state index contributed by atoms with van der Waals surface area (Å²) in [7, 11) is 0. The first kappa shape index (κ1) is 15.1. The molecule has 3 aromatic carbocycles. The van der Waals surface area contributed by atoms with Crippen molar-refractivity contribution < 1.29 is 14.6 Å². The van der Waals surface area contributed by atoms with E-state index in [9.17, 15) is 5.11 Å². The van der Waals surface area contributed by atoms with Crippen LogP contribution in [-0.2, 0) is 13.2 Å². The van der Waals surface area contributed by atoms with Crippen LogP contribution in [0, 0.1) is 0 Å². The van der Waals surface area contributed by atoms with Crippen molar-refractivity contribution >= 4 is 0 Å². The van der Waals surface area contributed by atoms with Gasteiger partial charge in [-0.3, -0.25) is 0 Å². The van der Waals surface area contributed by atoms with Crippen LogP contribution in [0.15, 0.2) is 78.9 Å². The van der Waals surface area contributed by atoms with Crippen molar-refractivity contribution in [3.05, 3.63) is 90.0 Å². The van der Waals surface area contributed by atoms with Gasteiger partial charge in [-0.15, -0.1) is 0 Å². The standard InChI is InChI=1S/C20H18O3/c21-14-17-8-4-5-9-20(17)23-19-12-10-18(11-13-19)22-15-16-6-2-1-3-7-16/h1-13,21H,14-15H2. The molecule has 0 amide bonds. The van der Waals surface area contributed by atoms with E-state index in [0.29, 0.717) is 18.1 Å². The quantitative estimate of drug-likeness (QED) is 0.726. The Morgan fingerprint density at radius 3 is 2.09 bits per heavy atom. The first-order chi connectivity index (χ1) is 11.3. The molecular formula is C20H18O3. The maximum atomic E-state index is 9.32. The van der Waals surface area contributed by atoms with Crippen LogP contribution in [0.5, 0.6) is 17.2 Å².